The fraction of sp³-hybridized carbons (Fsp3) is 0.316. The van der Waals surface area contributed by atoms with Gasteiger partial charge in [0.1, 0.15) is 12.0 Å². The summed E-state index contributed by atoms with van der Waals surface area (Å²) in [5, 5.41) is 0. The van der Waals surface area contributed by atoms with Crippen LogP contribution in [0.1, 0.15) is 27.9 Å². The zero-order chi connectivity index (χ0) is 16.7. The predicted octanol–water partition coefficient (Wildman–Crippen LogP) is 3.97. The van der Waals surface area contributed by atoms with Crippen LogP contribution in [0.15, 0.2) is 36.4 Å². The third-order valence-corrected chi connectivity index (χ3v) is 3.47. The van der Waals surface area contributed by atoms with Crippen LogP contribution in [0.3, 0.4) is 0 Å². The van der Waals surface area contributed by atoms with Crippen molar-refractivity contribution in [3.05, 3.63) is 53.1 Å². The second-order valence-electron chi connectivity index (χ2n) is 5.35. The number of hydrogen-bond donors (Lipinski definition) is 0. The molecule has 2 aromatic carbocycles. The number of benzene rings is 2. The van der Waals surface area contributed by atoms with Gasteiger partial charge in [-0.25, -0.2) is 0 Å². The van der Waals surface area contributed by atoms with E-state index in [4.69, 9.17) is 14.2 Å². The van der Waals surface area contributed by atoms with E-state index in [9.17, 15) is 4.79 Å². The van der Waals surface area contributed by atoms with E-state index in [1.54, 1.807) is 25.3 Å². The molecule has 4 heteroatoms. The molecule has 0 heterocycles. The Morgan fingerprint density at radius 3 is 2.35 bits per heavy atom. The Morgan fingerprint density at radius 1 is 0.913 bits per heavy atom. The summed E-state index contributed by atoms with van der Waals surface area (Å²) in [7, 11) is 1.56. The molecule has 0 saturated heterocycles. The molecule has 0 atom stereocenters. The van der Waals surface area contributed by atoms with E-state index in [1.165, 1.54) is 5.56 Å². The van der Waals surface area contributed by atoms with Gasteiger partial charge in [0, 0.05) is 12.0 Å². The van der Waals surface area contributed by atoms with E-state index in [1.807, 2.05) is 19.9 Å². The van der Waals surface area contributed by atoms with E-state index in [2.05, 4.69) is 12.1 Å². The van der Waals surface area contributed by atoms with Gasteiger partial charge in [0.05, 0.1) is 20.3 Å². The lowest BCUT2D eigenvalue weighted by molar-refractivity contribution is 0.112. The summed E-state index contributed by atoms with van der Waals surface area (Å²) < 4.78 is 16.7. The third-order valence-electron chi connectivity index (χ3n) is 3.47. The van der Waals surface area contributed by atoms with Crippen LogP contribution in [0.4, 0.5) is 0 Å². The molecule has 0 amide bonds. The summed E-state index contributed by atoms with van der Waals surface area (Å²) >= 11 is 0. The predicted molar refractivity (Wildman–Crippen MR) is 89.9 cm³/mol. The van der Waals surface area contributed by atoms with Crippen molar-refractivity contribution in [3.8, 4) is 17.2 Å². The number of methoxy groups -OCH3 is 1. The maximum atomic E-state index is 10.8. The van der Waals surface area contributed by atoms with Gasteiger partial charge in [0.25, 0.3) is 0 Å². The normalized spacial score (nSPS) is 10.2. The van der Waals surface area contributed by atoms with E-state index < -0.39 is 0 Å². The van der Waals surface area contributed by atoms with Crippen molar-refractivity contribution in [1.29, 1.82) is 0 Å². The molecular weight excluding hydrogens is 292 g/mol. The maximum Gasteiger partial charge on any atom is 0.161 e. The first kappa shape index (κ1) is 16.9. The number of aldehydes is 1. The van der Waals surface area contributed by atoms with Gasteiger partial charge >= 0.3 is 0 Å². The molecule has 0 aliphatic carbocycles. The van der Waals surface area contributed by atoms with Crippen LogP contribution < -0.4 is 14.2 Å². The van der Waals surface area contributed by atoms with Crippen molar-refractivity contribution >= 4 is 6.29 Å². The van der Waals surface area contributed by atoms with Gasteiger partial charge in [-0.3, -0.25) is 4.79 Å². The summed E-state index contributed by atoms with van der Waals surface area (Å²) in [5.41, 5.74) is 2.87. The Morgan fingerprint density at radius 2 is 1.65 bits per heavy atom. The van der Waals surface area contributed by atoms with Crippen molar-refractivity contribution in [2.45, 2.75) is 20.3 Å². The molecule has 0 radical (unpaired) electrons. The molecule has 0 bridgehead atoms. The second kappa shape index (κ2) is 8.22. The number of rotatable bonds is 8. The largest absolute Gasteiger partial charge is 0.493 e. The van der Waals surface area contributed by atoms with Crippen molar-refractivity contribution in [2.24, 2.45) is 0 Å². The Labute approximate surface area is 137 Å². The number of carbonyl (C=O) groups is 1. The van der Waals surface area contributed by atoms with E-state index in [0.717, 1.165) is 24.0 Å². The minimum Gasteiger partial charge on any atom is -0.493 e. The van der Waals surface area contributed by atoms with Crippen molar-refractivity contribution in [2.75, 3.05) is 20.3 Å². The van der Waals surface area contributed by atoms with E-state index in [0.29, 0.717) is 30.3 Å². The van der Waals surface area contributed by atoms with Gasteiger partial charge in [0.15, 0.2) is 11.5 Å². The zero-order valence-corrected chi connectivity index (χ0v) is 13.8. The minimum atomic E-state index is 0.516. The van der Waals surface area contributed by atoms with Gasteiger partial charge in [-0.1, -0.05) is 12.1 Å². The zero-order valence-electron chi connectivity index (χ0n) is 13.8. The quantitative estimate of drug-likeness (QED) is 0.546. The lowest BCUT2D eigenvalue weighted by Gasteiger charge is -2.12. The fourth-order valence-corrected chi connectivity index (χ4v) is 2.16. The minimum absolute atomic E-state index is 0.516. The first-order valence-electron chi connectivity index (χ1n) is 7.60. The summed E-state index contributed by atoms with van der Waals surface area (Å²) in [6.45, 7) is 5.18. The number of hydrogen-bond acceptors (Lipinski definition) is 4. The molecule has 2 rings (SSSR count). The van der Waals surface area contributed by atoms with Gasteiger partial charge < -0.3 is 14.2 Å². The molecule has 0 unspecified atom stereocenters. The maximum absolute atomic E-state index is 10.8. The van der Waals surface area contributed by atoms with Crippen LogP contribution in [0.5, 0.6) is 17.2 Å². The lowest BCUT2D eigenvalue weighted by atomic mass is 10.1. The Balaban J connectivity index is 1.81. The Hall–Kier alpha value is -2.49. The van der Waals surface area contributed by atoms with Crippen LogP contribution in [0.2, 0.25) is 0 Å². The fourth-order valence-electron chi connectivity index (χ4n) is 2.16. The van der Waals surface area contributed by atoms with Gasteiger partial charge in [-0.2, -0.15) is 0 Å². The standard InChI is InChI=1S/C19H22O4/c1-14-5-6-15(2)18(11-14)23-10-4-9-22-17-8-7-16(13-20)12-19(17)21-3/h5-8,11-13H,4,9-10H2,1-3H3. The molecule has 0 aliphatic rings. The number of carbonyl (C=O) groups excluding carboxylic acids is 1. The lowest BCUT2D eigenvalue weighted by Crippen LogP contribution is -2.06. The third kappa shape index (κ3) is 4.74. The van der Waals surface area contributed by atoms with Gasteiger partial charge in [-0.15, -0.1) is 0 Å². The van der Waals surface area contributed by atoms with Crippen LogP contribution >= 0.6 is 0 Å². The molecule has 0 N–H and O–H groups in total. The highest BCUT2D eigenvalue weighted by atomic mass is 16.5. The Bertz CT molecular complexity index is 664. The van der Waals surface area contributed by atoms with Crippen molar-refractivity contribution in [1.82, 2.24) is 0 Å². The van der Waals surface area contributed by atoms with Gasteiger partial charge in [0.2, 0.25) is 0 Å². The molecule has 122 valence electrons. The summed E-state index contributed by atoms with van der Waals surface area (Å²) in [6, 6.07) is 11.3. The first-order valence-corrected chi connectivity index (χ1v) is 7.60. The summed E-state index contributed by atoms with van der Waals surface area (Å²) in [4.78, 5) is 10.8. The average molecular weight is 314 g/mol. The highest BCUT2D eigenvalue weighted by Gasteiger charge is 2.06. The average Bonchev–Trinajstić information content (AvgIpc) is 2.57. The molecular formula is C19H22O4. The van der Waals surface area contributed by atoms with Crippen LogP contribution in [0, 0.1) is 13.8 Å². The highest BCUT2D eigenvalue weighted by Crippen LogP contribution is 2.27. The van der Waals surface area contributed by atoms with Crippen molar-refractivity contribution in [3.63, 3.8) is 0 Å². The number of aryl methyl sites for hydroxylation is 2. The highest BCUT2D eigenvalue weighted by molar-refractivity contribution is 5.76. The SMILES string of the molecule is COc1cc(C=O)ccc1OCCCOc1cc(C)ccc1C. The molecule has 0 saturated carbocycles. The molecule has 0 fully saturated rings. The summed E-state index contributed by atoms with van der Waals surface area (Å²) in [6.07, 6.45) is 1.54. The van der Waals surface area contributed by atoms with Crippen LogP contribution in [0.25, 0.3) is 0 Å². The molecule has 0 spiro atoms. The molecule has 2 aromatic rings. The molecule has 4 nitrogen and oxygen atoms in total. The van der Waals surface area contributed by atoms with Crippen LogP contribution in [-0.4, -0.2) is 26.6 Å². The molecule has 23 heavy (non-hydrogen) atoms. The van der Waals surface area contributed by atoms with Crippen LogP contribution in [-0.2, 0) is 0 Å². The monoisotopic (exact) mass is 314 g/mol. The summed E-state index contributed by atoms with van der Waals surface area (Å²) in [5.74, 6) is 2.10. The van der Waals surface area contributed by atoms with Crippen molar-refractivity contribution < 1.29 is 19.0 Å². The molecule has 0 aliphatic heterocycles. The van der Waals surface area contributed by atoms with E-state index >= 15 is 0 Å². The Kier molecular flexibility index (Phi) is 6.03. The number of ether oxygens (including phenoxy) is 3. The molecule has 0 aromatic heterocycles. The van der Waals surface area contributed by atoms with E-state index in [-0.39, 0.29) is 0 Å². The van der Waals surface area contributed by atoms with Gasteiger partial charge in [-0.05, 0) is 49.2 Å². The topological polar surface area (TPSA) is 44.8 Å². The smallest absolute Gasteiger partial charge is 0.161 e. The first-order chi connectivity index (χ1) is 11.1. The second-order valence-corrected chi connectivity index (χ2v) is 5.35.